The van der Waals surface area contributed by atoms with Crippen molar-refractivity contribution in [2.24, 2.45) is 0 Å². The van der Waals surface area contributed by atoms with Crippen LogP contribution in [0, 0.1) is 0 Å². The molecule has 0 unspecified atom stereocenters. The van der Waals surface area contributed by atoms with Crippen molar-refractivity contribution >= 4 is 35.2 Å². The zero-order valence-corrected chi connectivity index (χ0v) is 35.7. The van der Waals surface area contributed by atoms with Crippen LogP contribution in [0.4, 0.5) is 0 Å². The van der Waals surface area contributed by atoms with E-state index in [1.807, 2.05) is 0 Å². The van der Waals surface area contributed by atoms with E-state index in [0.717, 1.165) is 34.0 Å². The van der Waals surface area contributed by atoms with Gasteiger partial charge in [0.05, 0.1) is 0 Å². The van der Waals surface area contributed by atoms with Crippen molar-refractivity contribution in [1.82, 2.24) is 0 Å². The number of benzene rings is 1. The van der Waals surface area contributed by atoms with Crippen molar-refractivity contribution in [2.45, 2.75) is 227 Å². The van der Waals surface area contributed by atoms with Gasteiger partial charge in [0.2, 0.25) is 0 Å². The van der Waals surface area contributed by atoms with Gasteiger partial charge in [-0.15, -0.1) is 0 Å². The van der Waals surface area contributed by atoms with Gasteiger partial charge in [-0.1, -0.05) is 0 Å². The van der Waals surface area contributed by atoms with Crippen LogP contribution in [0.2, 0.25) is 0 Å². The maximum atomic E-state index is 9.96. The molecule has 2 radical (unpaired) electrons. The number of hydrogen-bond donors (Lipinski definition) is 0. The Morgan fingerprint density at radius 3 is 0.833 bits per heavy atom. The Labute approximate surface area is 305 Å². The molecule has 0 bridgehead atoms. The Kier molecular flexibility index (Phi) is 13.0. The summed E-state index contributed by atoms with van der Waals surface area (Å²) in [5.74, 6) is 0. The first-order chi connectivity index (χ1) is 23.5. The first-order valence-corrected chi connectivity index (χ1v) is 35.3. The zero-order chi connectivity index (χ0) is 32.9. The molecule has 6 aliphatic carbocycles. The molecule has 7 rings (SSSR count). The summed E-state index contributed by atoms with van der Waals surface area (Å²) in [5.41, 5.74) is 2.90. The summed E-state index contributed by atoms with van der Waals surface area (Å²) < 4.78 is 2.98. The molecule has 276 valence electrons. The Bertz CT molecular complexity index is 1050. The van der Waals surface area contributed by atoms with Gasteiger partial charge in [-0.25, -0.2) is 0 Å². The summed E-state index contributed by atoms with van der Waals surface area (Å²) in [6.07, 6.45) is 43.8. The second-order valence-corrected chi connectivity index (χ2v) is 57.7. The molecule has 0 aromatic heterocycles. The van der Waals surface area contributed by atoms with Gasteiger partial charge >= 0.3 is 308 Å². The zero-order valence-electron chi connectivity index (χ0n) is 30.6. The van der Waals surface area contributed by atoms with Crippen LogP contribution in [0.3, 0.4) is 0 Å². The summed E-state index contributed by atoms with van der Waals surface area (Å²) in [6.45, 7) is 0. The van der Waals surface area contributed by atoms with Crippen LogP contribution in [0.1, 0.15) is 198 Å². The first-order valence-electron chi connectivity index (χ1n) is 21.4. The number of halogens is 2. The normalized spacial score (nSPS) is 27.3. The van der Waals surface area contributed by atoms with Gasteiger partial charge in [0.25, 0.3) is 0 Å². The van der Waals surface area contributed by atoms with E-state index < -0.39 is 21.4 Å². The minimum absolute atomic E-state index is 0.854. The predicted molar refractivity (Wildman–Crippen MR) is 218 cm³/mol. The van der Waals surface area contributed by atoms with Crippen molar-refractivity contribution in [2.75, 3.05) is 0 Å². The predicted octanol–water partition coefficient (Wildman–Crippen LogP) is 15.7. The van der Waals surface area contributed by atoms with Crippen LogP contribution in [0.5, 0.6) is 0 Å². The third kappa shape index (κ3) is 6.62. The fourth-order valence-corrected chi connectivity index (χ4v) is 105. The first kappa shape index (κ1) is 37.5. The fraction of sp³-hybridized carbons (Fsp3) is 0.837. The molecule has 48 heavy (non-hydrogen) atoms. The summed E-state index contributed by atoms with van der Waals surface area (Å²) in [4.78, 5) is 0. The van der Waals surface area contributed by atoms with E-state index in [1.165, 1.54) is 198 Å². The van der Waals surface area contributed by atoms with E-state index in [1.54, 1.807) is 0 Å². The second kappa shape index (κ2) is 16.7. The van der Waals surface area contributed by atoms with Crippen molar-refractivity contribution in [3.05, 3.63) is 35.9 Å². The van der Waals surface area contributed by atoms with Gasteiger partial charge in [0.1, 0.15) is 0 Å². The average molecular weight is 823 g/mol. The topological polar surface area (TPSA) is 0 Å². The van der Waals surface area contributed by atoms with Crippen molar-refractivity contribution in [3.63, 3.8) is 0 Å². The quantitative estimate of drug-likeness (QED) is 0.172. The van der Waals surface area contributed by atoms with Crippen LogP contribution < -0.4 is 0 Å². The van der Waals surface area contributed by atoms with E-state index >= 15 is 0 Å². The third-order valence-corrected chi connectivity index (χ3v) is 79.1. The second-order valence-electron chi connectivity index (χ2n) is 17.4. The van der Waals surface area contributed by atoms with Crippen molar-refractivity contribution in [1.29, 1.82) is 0 Å². The molecule has 0 saturated heterocycles. The Balaban J connectivity index is 1.63. The summed E-state index contributed by atoms with van der Waals surface area (Å²) in [6, 6.07) is 11.8. The molecule has 0 nitrogen and oxygen atoms in total. The van der Waals surface area contributed by atoms with Gasteiger partial charge in [0.15, 0.2) is 0 Å². The molecule has 6 fully saturated rings. The molecule has 0 spiro atoms. The summed E-state index contributed by atoms with van der Waals surface area (Å²) >= 11 is 0. The standard InChI is InChI=1S/2C18H33P.C7H6.2ClH.Ru/c2*1-4-10-16(11-5-1)19(17-12-6-2-7-13-17)18-14-8-3-9-15-18;1-7-5-3-2-4-6-7;;;/h2*16-18H,1-15H2;1-6H;2*1H;/q;;;;;+2/p-2. The van der Waals surface area contributed by atoms with Gasteiger partial charge < -0.3 is 0 Å². The summed E-state index contributed by atoms with van der Waals surface area (Å²) in [7, 11) is 15.5. The average Bonchev–Trinajstić information content (AvgIpc) is 3.15. The van der Waals surface area contributed by atoms with Crippen LogP contribution in [0.15, 0.2) is 30.3 Å². The minimum atomic E-state index is -4.47. The van der Waals surface area contributed by atoms with Gasteiger partial charge in [-0.2, -0.15) is 0 Å². The molecule has 1 aromatic carbocycles. The molecular weight excluding hydrogens is 750 g/mol. The van der Waals surface area contributed by atoms with E-state index in [2.05, 4.69) is 34.9 Å². The molecule has 0 N–H and O–H groups in total. The molecule has 0 amide bonds. The van der Waals surface area contributed by atoms with Gasteiger partial charge in [0, 0.05) is 0 Å². The van der Waals surface area contributed by atoms with Gasteiger partial charge in [-0.3, -0.25) is 0 Å². The van der Waals surface area contributed by atoms with E-state index in [0.29, 0.717) is 0 Å². The van der Waals surface area contributed by atoms with E-state index in [4.69, 9.17) is 0 Å². The molecule has 0 atom stereocenters. The van der Waals surface area contributed by atoms with E-state index in [-0.39, 0.29) is 0 Å². The number of rotatable bonds is 9. The Morgan fingerprint density at radius 2 is 0.604 bits per heavy atom. The van der Waals surface area contributed by atoms with E-state index in [9.17, 15) is 19.4 Å². The third-order valence-electron chi connectivity index (χ3n) is 14.8. The van der Waals surface area contributed by atoms with Crippen molar-refractivity contribution in [3.8, 4) is 0 Å². The number of hydrogen-bond acceptors (Lipinski definition) is 0. The molecule has 0 heterocycles. The molecule has 0 aliphatic heterocycles. The Morgan fingerprint density at radius 1 is 0.375 bits per heavy atom. The molecular formula is C43H72Cl2P2Ru. The van der Waals surface area contributed by atoms with Crippen LogP contribution in [-0.4, -0.2) is 38.6 Å². The van der Waals surface area contributed by atoms with Gasteiger partial charge in [-0.05, 0) is 0 Å². The monoisotopic (exact) mass is 822 g/mol. The SMILES string of the molecule is [Cl][Ru]([Cl])(=[CH]c1ccccc1)([P](C1CCCCC1)(C1CCCCC1)C1CCCCC1)[P](C1CCCCC1)(C1CCCCC1)C1CCCCC1. The molecule has 5 heteroatoms. The van der Waals surface area contributed by atoms with Crippen LogP contribution in [-0.2, 0) is 10.2 Å². The van der Waals surface area contributed by atoms with Crippen molar-refractivity contribution < 1.29 is 10.2 Å². The molecule has 1 aromatic rings. The molecule has 6 saturated carbocycles. The molecule has 6 aliphatic rings. The van der Waals surface area contributed by atoms with Crippen LogP contribution >= 0.6 is 30.6 Å². The maximum absolute atomic E-state index is 9.96. The van der Waals surface area contributed by atoms with Crippen LogP contribution in [0.25, 0.3) is 0 Å². The summed E-state index contributed by atoms with van der Waals surface area (Å²) in [5, 5.41) is 0. The fourth-order valence-electron chi connectivity index (χ4n) is 13.1. The Hall–Kier alpha value is 1.15.